The van der Waals surface area contributed by atoms with E-state index < -0.39 is 98.7 Å². The first kappa shape index (κ1) is 47.1. The quantitative estimate of drug-likeness (QED) is 0.105. The molecule has 10 N–H and O–H groups in total. The summed E-state index contributed by atoms with van der Waals surface area (Å²) in [5, 5.41) is 102. The maximum absolute atomic E-state index is 14.3. The van der Waals surface area contributed by atoms with Gasteiger partial charge in [0, 0.05) is 24.7 Å². The van der Waals surface area contributed by atoms with Gasteiger partial charge in [0.05, 0.1) is 38.3 Å². The Labute approximate surface area is 362 Å². The number of hydrogen-bond donors (Lipinski definition) is 10. The minimum absolute atomic E-state index is 0.0122. The molecule has 3 saturated heterocycles. The third-order valence-electron chi connectivity index (χ3n) is 16.7. The molecule has 0 aromatic heterocycles. The van der Waals surface area contributed by atoms with E-state index >= 15 is 0 Å². The van der Waals surface area contributed by atoms with Crippen molar-refractivity contribution in [2.24, 2.45) is 46.3 Å². The topological polar surface area (TPSA) is 284 Å². The van der Waals surface area contributed by atoms with E-state index in [-0.39, 0.29) is 66.2 Å². The Hall–Kier alpha value is -1.43. The molecule has 18 heteroatoms. The van der Waals surface area contributed by atoms with E-state index in [0.29, 0.717) is 31.1 Å². The van der Waals surface area contributed by atoms with E-state index in [0.717, 1.165) is 44.3 Å². The second kappa shape index (κ2) is 18.3. The number of carbonyl (C=O) groups is 1. The van der Waals surface area contributed by atoms with Crippen molar-refractivity contribution < 1.29 is 89.0 Å². The molecule has 4 aliphatic heterocycles. The van der Waals surface area contributed by atoms with Crippen LogP contribution in [-0.2, 0) is 38.0 Å². The number of aliphatic hydroxyl groups is 10. The first-order valence-corrected chi connectivity index (χ1v) is 22.8. The van der Waals surface area contributed by atoms with Crippen LogP contribution >= 0.6 is 0 Å². The molecule has 0 aromatic rings. The molecule has 24 atom stereocenters. The molecule has 8 aliphatic rings. The van der Waals surface area contributed by atoms with Crippen LogP contribution in [0, 0.1) is 46.3 Å². The highest BCUT2D eigenvalue weighted by Gasteiger charge is 2.66. The van der Waals surface area contributed by atoms with Crippen LogP contribution in [0.2, 0.25) is 0 Å². The molecule has 18 nitrogen and oxygen atoms in total. The number of carbonyl (C=O) groups excluding carboxylic acids is 1. The number of aliphatic hydroxyl groups excluding tert-OH is 10. The Bertz CT molecular complexity index is 1610. The summed E-state index contributed by atoms with van der Waals surface area (Å²) in [4.78, 5) is 14.3. The summed E-state index contributed by atoms with van der Waals surface area (Å²) in [5.74, 6) is 2.24. The van der Waals surface area contributed by atoms with Crippen LogP contribution in [0.5, 0.6) is 0 Å². The fourth-order valence-electron chi connectivity index (χ4n) is 13.1. The molecule has 4 heterocycles. The molecule has 0 radical (unpaired) electrons. The van der Waals surface area contributed by atoms with Crippen molar-refractivity contribution in [3.05, 3.63) is 11.3 Å². The number of Topliss-reactive ketones (excluding diaryl/α,β-unsaturated/α-hetero) is 1. The van der Waals surface area contributed by atoms with E-state index in [2.05, 4.69) is 20.8 Å². The highest BCUT2D eigenvalue weighted by atomic mass is 16.7. The molecule has 0 bridgehead atoms. The Morgan fingerprint density at radius 2 is 1.42 bits per heavy atom. The molecule has 0 spiro atoms. The lowest BCUT2D eigenvalue weighted by molar-refractivity contribution is -0.330. The third kappa shape index (κ3) is 8.34. The Kier molecular flexibility index (Phi) is 13.9. The van der Waals surface area contributed by atoms with Crippen molar-refractivity contribution in [1.82, 2.24) is 0 Å². The molecule has 4 saturated carbocycles. The maximum atomic E-state index is 14.3. The van der Waals surface area contributed by atoms with Crippen LogP contribution in [0.25, 0.3) is 0 Å². The molecule has 354 valence electrons. The van der Waals surface area contributed by atoms with Crippen molar-refractivity contribution in [1.29, 1.82) is 0 Å². The van der Waals surface area contributed by atoms with Gasteiger partial charge in [-0.05, 0) is 91.9 Å². The van der Waals surface area contributed by atoms with Gasteiger partial charge < -0.3 is 84.2 Å². The summed E-state index contributed by atoms with van der Waals surface area (Å²) >= 11 is 0. The van der Waals surface area contributed by atoms with Crippen LogP contribution in [0.1, 0.15) is 85.5 Å². The predicted octanol–water partition coefficient (Wildman–Crippen LogP) is -1.01. The molecule has 8 rings (SSSR count). The lowest BCUT2D eigenvalue weighted by Gasteiger charge is -2.60. The van der Waals surface area contributed by atoms with Crippen LogP contribution in [-0.4, -0.2) is 181 Å². The van der Waals surface area contributed by atoms with Crippen molar-refractivity contribution >= 4 is 5.78 Å². The standard InChI is InChI=1S/C44H70O18/c1-18(15-56-41-38(54)35(51)33(49)29(14-45)61-41)5-6-27-19(2)31-28(60-27)13-23-21-12-25(46)24-11-20(7-9-43(24,3)22(21)8-10-44(23,31)4)59-42-39(55)36(52)34(50)30(62-42)17-58-40-37(53)32(48)26(47)16-57-40/h18,20-24,26,28-42,45,47-55H,5-17H2,1-4H3/t18-,20+,21-,22+,23+,24-,26-,28+,29-,30-,31+,32-,33-,34-,35+,36+,37+,38-,39-,40-,41-,42-,43-,44+/m1/s1. The van der Waals surface area contributed by atoms with E-state index in [1.165, 1.54) is 5.57 Å². The van der Waals surface area contributed by atoms with Crippen molar-refractivity contribution in [2.75, 3.05) is 26.4 Å². The smallest absolute Gasteiger partial charge is 0.186 e. The van der Waals surface area contributed by atoms with E-state index in [1.54, 1.807) is 0 Å². The lowest BCUT2D eigenvalue weighted by Crippen LogP contribution is -2.61. The van der Waals surface area contributed by atoms with Crippen LogP contribution in [0.4, 0.5) is 0 Å². The third-order valence-corrected chi connectivity index (χ3v) is 16.7. The van der Waals surface area contributed by atoms with Gasteiger partial charge >= 0.3 is 0 Å². The fourth-order valence-corrected chi connectivity index (χ4v) is 13.1. The Morgan fingerprint density at radius 3 is 2.15 bits per heavy atom. The Balaban J connectivity index is 0.852. The molecular formula is C44H70O18. The van der Waals surface area contributed by atoms with Gasteiger partial charge in [-0.2, -0.15) is 0 Å². The summed E-state index contributed by atoms with van der Waals surface area (Å²) in [5.41, 5.74) is 1.03. The van der Waals surface area contributed by atoms with E-state index in [9.17, 15) is 55.9 Å². The number of fused-ring (bicyclic) bond motifs is 7. The van der Waals surface area contributed by atoms with Crippen LogP contribution in [0.3, 0.4) is 0 Å². The minimum atomic E-state index is -1.63. The monoisotopic (exact) mass is 886 g/mol. The number of allylic oxidation sites excluding steroid dienone is 1. The molecule has 0 amide bonds. The van der Waals surface area contributed by atoms with Crippen LogP contribution in [0.15, 0.2) is 11.3 Å². The fraction of sp³-hybridized carbons (Fsp3) is 0.932. The first-order valence-electron chi connectivity index (χ1n) is 22.8. The highest BCUT2D eigenvalue weighted by molar-refractivity contribution is 5.83. The van der Waals surface area contributed by atoms with Gasteiger partial charge in [-0.3, -0.25) is 4.79 Å². The number of rotatable bonds is 12. The van der Waals surface area contributed by atoms with Gasteiger partial charge in [-0.15, -0.1) is 0 Å². The second-order valence-corrected chi connectivity index (χ2v) is 20.4. The summed E-state index contributed by atoms with van der Waals surface area (Å²) in [6, 6.07) is 0. The normalized spacial score (nSPS) is 52.2. The molecule has 0 unspecified atom stereocenters. The van der Waals surface area contributed by atoms with Gasteiger partial charge in [0.15, 0.2) is 18.9 Å². The summed E-state index contributed by atoms with van der Waals surface area (Å²) in [6.07, 6.45) is -13.2. The van der Waals surface area contributed by atoms with Crippen molar-refractivity contribution in [2.45, 2.75) is 184 Å². The van der Waals surface area contributed by atoms with Gasteiger partial charge in [0.2, 0.25) is 0 Å². The Morgan fingerprint density at radius 1 is 0.758 bits per heavy atom. The first-order chi connectivity index (χ1) is 29.4. The van der Waals surface area contributed by atoms with E-state index in [4.69, 9.17) is 33.2 Å². The molecular weight excluding hydrogens is 816 g/mol. The second-order valence-electron chi connectivity index (χ2n) is 20.4. The number of ether oxygens (including phenoxy) is 7. The minimum Gasteiger partial charge on any atom is -0.494 e. The van der Waals surface area contributed by atoms with Crippen molar-refractivity contribution in [3.63, 3.8) is 0 Å². The summed E-state index contributed by atoms with van der Waals surface area (Å²) in [6.45, 7) is 7.95. The van der Waals surface area contributed by atoms with Crippen molar-refractivity contribution in [3.8, 4) is 0 Å². The average molecular weight is 887 g/mol. The molecule has 0 aromatic carbocycles. The average Bonchev–Trinajstić information content (AvgIpc) is 3.73. The summed E-state index contributed by atoms with van der Waals surface area (Å²) in [7, 11) is 0. The zero-order valence-corrected chi connectivity index (χ0v) is 36.1. The van der Waals surface area contributed by atoms with Gasteiger partial charge in [-0.25, -0.2) is 0 Å². The zero-order chi connectivity index (χ0) is 44.6. The summed E-state index contributed by atoms with van der Waals surface area (Å²) < 4.78 is 41.1. The largest absolute Gasteiger partial charge is 0.494 e. The lowest BCUT2D eigenvalue weighted by atomic mass is 9.44. The SMILES string of the molecule is CC1=C(CC[C@@H](C)CO[C@@H]2O[C@H](CO)[C@@H](O)[C@H](O)[C@H]2O)O[C@H]2C[C@H]3[C@@H]4CC(=O)[C@H]5C[C@@H](O[C@@H]6O[C@H](CO[C@H]7OC[C@@H](O)[C@@H](O)[C@@H]7O)[C@@H](O)[C@H](O)[C@H]6O)CC[C@]5(C)[C@H]4CC[C@]3(C)[C@@H]12. The number of ketones is 1. The number of hydrogen-bond acceptors (Lipinski definition) is 18. The maximum Gasteiger partial charge on any atom is 0.186 e. The molecule has 62 heavy (non-hydrogen) atoms. The van der Waals surface area contributed by atoms with Gasteiger partial charge in [0.25, 0.3) is 0 Å². The van der Waals surface area contributed by atoms with Crippen LogP contribution < -0.4 is 0 Å². The highest BCUT2D eigenvalue weighted by Crippen LogP contribution is 2.69. The zero-order valence-electron chi connectivity index (χ0n) is 36.1. The molecule has 7 fully saturated rings. The van der Waals surface area contributed by atoms with Gasteiger partial charge in [-0.1, -0.05) is 20.8 Å². The molecule has 4 aliphatic carbocycles. The predicted molar refractivity (Wildman–Crippen MR) is 212 cm³/mol. The van der Waals surface area contributed by atoms with E-state index in [1.807, 2.05) is 6.92 Å². The van der Waals surface area contributed by atoms with Gasteiger partial charge in [0.1, 0.15) is 79.0 Å².